The van der Waals surface area contributed by atoms with Crippen LogP contribution >= 0.6 is 11.3 Å². The van der Waals surface area contributed by atoms with E-state index in [4.69, 9.17) is 0 Å². The lowest BCUT2D eigenvalue weighted by atomic mass is 9.93. The molecule has 3 rings (SSSR count). The highest BCUT2D eigenvalue weighted by molar-refractivity contribution is 7.17. The summed E-state index contributed by atoms with van der Waals surface area (Å²) in [7, 11) is 0. The normalized spacial score (nSPS) is 28.6. The highest BCUT2D eigenvalue weighted by atomic mass is 32.1. The summed E-state index contributed by atoms with van der Waals surface area (Å²) < 4.78 is 0. The number of hydrogen-bond donors (Lipinski definition) is 1. The second kappa shape index (κ2) is 4.31. The van der Waals surface area contributed by atoms with Crippen LogP contribution in [0, 0.1) is 17.8 Å². The molecule has 0 spiro atoms. The van der Waals surface area contributed by atoms with Crippen LogP contribution in [0.5, 0.6) is 0 Å². The molecule has 2 aliphatic rings. The molecule has 1 amide bonds. The minimum Gasteiger partial charge on any atom is -0.302 e. The van der Waals surface area contributed by atoms with Crippen molar-refractivity contribution in [2.24, 2.45) is 17.8 Å². The van der Waals surface area contributed by atoms with Crippen molar-refractivity contribution in [3.8, 4) is 0 Å². The number of hydrogen-bond acceptors (Lipinski definition) is 4. The van der Waals surface area contributed by atoms with Gasteiger partial charge in [0.15, 0.2) is 10.9 Å². The zero-order valence-electron chi connectivity index (χ0n) is 10.1. The second-order valence-corrected chi connectivity index (χ2v) is 5.99. The van der Waals surface area contributed by atoms with E-state index in [0.717, 1.165) is 12.8 Å². The van der Waals surface area contributed by atoms with Crippen LogP contribution in [0.15, 0.2) is 18.3 Å². The number of rotatable bonds is 3. The maximum atomic E-state index is 12.1. The van der Waals surface area contributed by atoms with E-state index in [1.165, 1.54) is 24.5 Å². The highest BCUT2D eigenvalue weighted by Crippen LogP contribution is 2.43. The first-order chi connectivity index (χ1) is 8.63. The average Bonchev–Trinajstić information content (AvgIpc) is 3.03. The van der Waals surface area contributed by atoms with E-state index < -0.39 is 0 Å². The minimum absolute atomic E-state index is 0.0177. The van der Waals surface area contributed by atoms with Gasteiger partial charge in [0.2, 0.25) is 5.91 Å². The molecule has 0 radical (unpaired) electrons. The van der Waals surface area contributed by atoms with Crippen molar-refractivity contribution in [1.29, 1.82) is 0 Å². The van der Waals surface area contributed by atoms with Crippen molar-refractivity contribution >= 4 is 28.2 Å². The van der Waals surface area contributed by atoms with Gasteiger partial charge in [0.05, 0.1) is 11.1 Å². The Balaban J connectivity index is 1.67. The third-order valence-corrected chi connectivity index (χ3v) is 4.71. The third-order valence-electron chi connectivity index (χ3n) is 3.70. The first kappa shape index (κ1) is 11.6. The monoisotopic (exact) mass is 262 g/mol. The Hall–Kier alpha value is -1.49. The van der Waals surface area contributed by atoms with E-state index in [1.807, 2.05) is 0 Å². The predicted molar refractivity (Wildman–Crippen MR) is 69.6 cm³/mol. The molecule has 2 bridgehead atoms. The van der Waals surface area contributed by atoms with E-state index in [1.54, 1.807) is 0 Å². The SMILES string of the molecule is CC(=O)c1cnc(NC(=O)C2CC3C=CC2C3)s1. The van der Waals surface area contributed by atoms with Gasteiger partial charge in [-0.05, 0) is 24.7 Å². The Morgan fingerprint density at radius 3 is 2.78 bits per heavy atom. The third kappa shape index (κ3) is 1.99. The van der Waals surface area contributed by atoms with E-state index in [2.05, 4.69) is 22.5 Å². The Morgan fingerprint density at radius 1 is 1.39 bits per heavy atom. The van der Waals surface area contributed by atoms with Crippen molar-refractivity contribution in [2.75, 3.05) is 5.32 Å². The van der Waals surface area contributed by atoms with Gasteiger partial charge in [-0.25, -0.2) is 4.98 Å². The highest BCUT2D eigenvalue weighted by Gasteiger charge is 2.39. The maximum absolute atomic E-state index is 12.1. The van der Waals surface area contributed by atoms with Gasteiger partial charge in [0.1, 0.15) is 0 Å². The molecule has 0 aromatic carbocycles. The minimum atomic E-state index is -0.0177. The van der Waals surface area contributed by atoms with Crippen molar-refractivity contribution in [2.45, 2.75) is 19.8 Å². The predicted octanol–water partition coefficient (Wildman–Crippen LogP) is 2.50. The van der Waals surface area contributed by atoms with Crippen molar-refractivity contribution < 1.29 is 9.59 Å². The molecule has 94 valence electrons. The summed E-state index contributed by atoms with van der Waals surface area (Å²) in [6, 6.07) is 0. The van der Waals surface area contributed by atoms with Crippen LogP contribution in [0.25, 0.3) is 0 Å². The topological polar surface area (TPSA) is 59.1 Å². The number of carbonyl (C=O) groups excluding carboxylic acids is 2. The summed E-state index contributed by atoms with van der Waals surface area (Å²) >= 11 is 1.24. The van der Waals surface area contributed by atoms with Gasteiger partial charge in [-0.15, -0.1) is 0 Å². The standard InChI is InChI=1S/C13H14N2O2S/c1-7(16)11-6-14-13(18-11)15-12(17)10-5-8-2-3-9(10)4-8/h2-3,6,8-10H,4-5H2,1H3,(H,14,15,17). The molecule has 5 heteroatoms. The molecule has 18 heavy (non-hydrogen) atoms. The van der Waals surface area contributed by atoms with Crippen molar-refractivity contribution in [3.63, 3.8) is 0 Å². The molecule has 2 aliphatic carbocycles. The smallest absolute Gasteiger partial charge is 0.229 e. The van der Waals surface area contributed by atoms with Gasteiger partial charge < -0.3 is 5.32 Å². The molecule has 1 aromatic rings. The molecular weight excluding hydrogens is 248 g/mol. The van der Waals surface area contributed by atoms with Gasteiger partial charge in [0.25, 0.3) is 0 Å². The molecular formula is C13H14N2O2S. The first-order valence-corrected chi connectivity index (χ1v) is 6.91. The molecule has 1 N–H and O–H groups in total. The van der Waals surface area contributed by atoms with Crippen LogP contribution in [0.3, 0.4) is 0 Å². The summed E-state index contributed by atoms with van der Waals surface area (Å²) in [6.45, 7) is 1.50. The van der Waals surface area contributed by atoms with E-state index in [9.17, 15) is 9.59 Å². The number of thiazole rings is 1. The van der Waals surface area contributed by atoms with Crippen LogP contribution in [0.1, 0.15) is 29.4 Å². The van der Waals surface area contributed by atoms with E-state index >= 15 is 0 Å². The molecule has 0 saturated heterocycles. The largest absolute Gasteiger partial charge is 0.302 e. The van der Waals surface area contributed by atoms with Gasteiger partial charge >= 0.3 is 0 Å². The number of fused-ring (bicyclic) bond motifs is 2. The fourth-order valence-corrected chi connectivity index (χ4v) is 3.49. The lowest BCUT2D eigenvalue weighted by molar-refractivity contribution is -0.120. The lowest BCUT2D eigenvalue weighted by Gasteiger charge is -2.16. The molecule has 1 saturated carbocycles. The summed E-state index contributed by atoms with van der Waals surface area (Å²) in [6.07, 6.45) is 7.93. The first-order valence-electron chi connectivity index (χ1n) is 6.09. The molecule has 3 atom stereocenters. The summed E-state index contributed by atoms with van der Waals surface area (Å²) in [5, 5.41) is 3.35. The van der Waals surface area contributed by atoms with Crippen LogP contribution in [-0.4, -0.2) is 16.7 Å². The van der Waals surface area contributed by atoms with E-state index in [0.29, 0.717) is 21.8 Å². The second-order valence-electron chi connectivity index (χ2n) is 4.96. The average molecular weight is 262 g/mol. The number of ketones is 1. The van der Waals surface area contributed by atoms with Crippen LogP contribution in [-0.2, 0) is 4.79 Å². The number of aromatic nitrogens is 1. The number of nitrogens with one attached hydrogen (secondary N) is 1. The summed E-state index contributed by atoms with van der Waals surface area (Å²) in [5.41, 5.74) is 0. The fraction of sp³-hybridized carbons (Fsp3) is 0.462. The number of allylic oxidation sites excluding steroid dienone is 2. The number of amides is 1. The number of Topliss-reactive ketones (excluding diaryl/α,β-unsaturated/α-hetero) is 1. The Morgan fingerprint density at radius 2 is 2.22 bits per heavy atom. The fourth-order valence-electron chi connectivity index (χ4n) is 2.77. The van der Waals surface area contributed by atoms with Crippen molar-refractivity contribution in [3.05, 3.63) is 23.2 Å². The molecule has 1 heterocycles. The van der Waals surface area contributed by atoms with Gasteiger partial charge in [0, 0.05) is 12.8 Å². The molecule has 4 nitrogen and oxygen atoms in total. The quantitative estimate of drug-likeness (QED) is 0.672. The summed E-state index contributed by atoms with van der Waals surface area (Å²) in [4.78, 5) is 27.9. The number of nitrogens with zero attached hydrogens (tertiary/aromatic N) is 1. The summed E-state index contributed by atoms with van der Waals surface area (Å²) in [5.74, 6) is 1.06. The van der Waals surface area contributed by atoms with Crippen LogP contribution in [0.2, 0.25) is 0 Å². The van der Waals surface area contributed by atoms with Crippen LogP contribution < -0.4 is 5.32 Å². The van der Waals surface area contributed by atoms with Gasteiger partial charge in [-0.3, -0.25) is 9.59 Å². The molecule has 1 fully saturated rings. The van der Waals surface area contributed by atoms with Gasteiger partial charge in [-0.1, -0.05) is 23.5 Å². The molecule has 1 aromatic heterocycles. The Bertz CT molecular complexity index is 535. The lowest BCUT2D eigenvalue weighted by Crippen LogP contribution is -2.25. The van der Waals surface area contributed by atoms with E-state index in [-0.39, 0.29) is 17.6 Å². The molecule has 3 unspecified atom stereocenters. The number of anilines is 1. The number of carbonyl (C=O) groups is 2. The maximum Gasteiger partial charge on any atom is 0.229 e. The van der Waals surface area contributed by atoms with Crippen molar-refractivity contribution in [1.82, 2.24) is 4.98 Å². The zero-order valence-corrected chi connectivity index (χ0v) is 10.9. The Kier molecular flexibility index (Phi) is 2.78. The van der Waals surface area contributed by atoms with Gasteiger partial charge in [-0.2, -0.15) is 0 Å². The van der Waals surface area contributed by atoms with Crippen LogP contribution in [0.4, 0.5) is 5.13 Å². The molecule has 0 aliphatic heterocycles. The zero-order chi connectivity index (χ0) is 12.7. The Labute approximate surface area is 109 Å².